The fourth-order valence-electron chi connectivity index (χ4n) is 2.90. The molecule has 1 aliphatic heterocycles. The van der Waals surface area contributed by atoms with Crippen LogP contribution in [0.1, 0.15) is 23.9 Å². The van der Waals surface area contributed by atoms with E-state index in [4.69, 9.17) is 0 Å². The molecular formula is C20H21N5O3. The molecular weight excluding hydrogens is 358 g/mol. The Morgan fingerprint density at radius 2 is 1.93 bits per heavy atom. The Morgan fingerprint density at radius 3 is 2.57 bits per heavy atom. The Balaban J connectivity index is 2.14. The molecule has 144 valence electrons. The van der Waals surface area contributed by atoms with Crippen LogP contribution in [0.15, 0.2) is 47.1 Å². The van der Waals surface area contributed by atoms with E-state index in [1.807, 2.05) is 51.1 Å². The smallest absolute Gasteiger partial charge is 0.332 e. The number of nitrogens with one attached hydrogen (secondary N) is 1. The first kappa shape index (κ1) is 19.2. The molecule has 2 aromatic rings. The largest absolute Gasteiger partial charge is 0.466 e. The number of guanidine groups is 1. The van der Waals surface area contributed by atoms with E-state index in [1.54, 1.807) is 0 Å². The monoisotopic (exact) mass is 379 g/mol. The predicted molar refractivity (Wildman–Crippen MR) is 105 cm³/mol. The van der Waals surface area contributed by atoms with E-state index in [9.17, 15) is 9.59 Å². The van der Waals surface area contributed by atoms with Crippen molar-refractivity contribution in [2.24, 2.45) is 4.99 Å². The second kappa shape index (κ2) is 7.99. The fraction of sp³-hybridized carbons (Fsp3) is 0.250. The summed E-state index contributed by atoms with van der Waals surface area (Å²) in [5.74, 6) is -0.588. The van der Waals surface area contributed by atoms with Crippen LogP contribution in [-0.4, -0.2) is 34.9 Å². The van der Waals surface area contributed by atoms with Gasteiger partial charge in [-0.2, -0.15) is 4.99 Å². The summed E-state index contributed by atoms with van der Waals surface area (Å²) >= 11 is 0. The van der Waals surface area contributed by atoms with Gasteiger partial charge in [0.2, 0.25) is 5.96 Å². The molecule has 0 aliphatic carbocycles. The molecule has 1 saturated heterocycles. The van der Waals surface area contributed by atoms with E-state index in [2.05, 4.69) is 25.0 Å². The first-order valence-corrected chi connectivity index (χ1v) is 8.83. The molecule has 1 fully saturated rings. The number of methoxy groups -OCH3 is 1. The van der Waals surface area contributed by atoms with Gasteiger partial charge in [-0.25, -0.2) is 19.7 Å². The standard InChI is InChI=1S/C20H21N5O3/c1-5-14-8-6-7-9-16(14)25-18(27)15(11-17(26)28-4)23-20(25)24-19-21-12(2)10-13(3)22-19/h6-11H,5H2,1-4H3,(H,21,22,23,24)/b15-11-. The highest BCUT2D eigenvalue weighted by molar-refractivity contribution is 6.29. The van der Waals surface area contributed by atoms with Crippen molar-refractivity contribution in [3.05, 3.63) is 59.1 Å². The van der Waals surface area contributed by atoms with Crippen molar-refractivity contribution in [1.82, 2.24) is 15.3 Å². The van der Waals surface area contributed by atoms with Gasteiger partial charge in [-0.05, 0) is 38.0 Å². The maximum Gasteiger partial charge on any atom is 0.332 e. The quantitative estimate of drug-likeness (QED) is 0.647. The lowest BCUT2D eigenvalue weighted by Gasteiger charge is -2.18. The van der Waals surface area contributed by atoms with Crippen LogP contribution in [0.5, 0.6) is 0 Å². The number of hydrogen-bond donors (Lipinski definition) is 1. The lowest BCUT2D eigenvalue weighted by Crippen LogP contribution is -2.33. The minimum Gasteiger partial charge on any atom is -0.466 e. The van der Waals surface area contributed by atoms with Gasteiger partial charge in [-0.3, -0.25) is 4.79 Å². The highest BCUT2D eigenvalue weighted by atomic mass is 16.5. The molecule has 1 aliphatic rings. The van der Waals surface area contributed by atoms with Gasteiger partial charge >= 0.3 is 5.97 Å². The second-order valence-corrected chi connectivity index (χ2v) is 6.22. The van der Waals surface area contributed by atoms with Gasteiger partial charge in [0.05, 0.1) is 18.9 Å². The number of aliphatic imine (C=N–C) groups is 1. The summed E-state index contributed by atoms with van der Waals surface area (Å²) in [6.07, 6.45) is 1.83. The Hall–Kier alpha value is -3.55. The number of aryl methyl sites for hydroxylation is 3. The van der Waals surface area contributed by atoms with Crippen molar-refractivity contribution >= 4 is 29.5 Å². The molecule has 2 heterocycles. The summed E-state index contributed by atoms with van der Waals surface area (Å²) in [4.78, 5) is 39.2. The number of hydrogen-bond acceptors (Lipinski definition) is 6. The molecule has 0 saturated carbocycles. The van der Waals surface area contributed by atoms with Gasteiger partial charge in [-0.15, -0.1) is 0 Å². The minimum atomic E-state index is -0.636. The van der Waals surface area contributed by atoms with Crippen molar-refractivity contribution < 1.29 is 14.3 Å². The van der Waals surface area contributed by atoms with Crippen LogP contribution >= 0.6 is 0 Å². The molecule has 0 atom stereocenters. The summed E-state index contributed by atoms with van der Waals surface area (Å²) in [5, 5.41) is 2.90. The van der Waals surface area contributed by atoms with Crippen LogP contribution in [-0.2, 0) is 20.7 Å². The van der Waals surface area contributed by atoms with Crippen molar-refractivity contribution in [2.75, 3.05) is 12.0 Å². The van der Waals surface area contributed by atoms with E-state index >= 15 is 0 Å². The molecule has 1 N–H and O–H groups in total. The van der Waals surface area contributed by atoms with Gasteiger partial charge in [0.25, 0.3) is 11.9 Å². The van der Waals surface area contributed by atoms with E-state index in [1.165, 1.54) is 12.0 Å². The van der Waals surface area contributed by atoms with E-state index in [-0.39, 0.29) is 17.6 Å². The summed E-state index contributed by atoms with van der Waals surface area (Å²) in [5.41, 5.74) is 3.25. The molecule has 1 aromatic carbocycles. The van der Waals surface area contributed by atoms with E-state index < -0.39 is 11.9 Å². The topological polar surface area (TPSA) is 96.8 Å². The van der Waals surface area contributed by atoms with Crippen LogP contribution in [0.2, 0.25) is 0 Å². The fourth-order valence-corrected chi connectivity index (χ4v) is 2.90. The first-order chi connectivity index (χ1) is 13.4. The van der Waals surface area contributed by atoms with E-state index in [0.29, 0.717) is 5.69 Å². The van der Waals surface area contributed by atoms with Crippen LogP contribution in [0.4, 0.5) is 11.6 Å². The number of nitrogens with zero attached hydrogens (tertiary/aromatic N) is 4. The van der Waals surface area contributed by atoms with Gasteiger partial charge in [0, 0.05) is 11.4 Å². The highest BCUT2D eigenvalue weighted by Crippen LogP contribution is 2.26. The van der Waals surface area contributed by atoms with Crippen molar-refractivity contribution in [3.63, 3.8) is 0 Å². The summed E-state index contributed by atoms with van der Waals surface area (Å²) in [7, 11) is 1.25. The molecule has 0 bridgehead atoms. The van der Waals surface area contributed by atoms with Crippen molar-refractivity contribution in [2.45, 2.75) is 27.2 Å². The lowest BCUT2D eigenvalue weighted by molar-refractivity contribution is -0.135. The molecule has 28 heavy (non-hydrogen) atoms. The Labute approximate surface area is 163 Å². The number of aromatic nitrogens is 2. The SMILES string of the molecule is CCc1ccccc1N1C(=O)/C(=C/C(=O)OC)NC1=Nc1nc(C)cc(C)n1. The third-order valence-electron chi connectivity index (χ3n) is 4.14. The van der Waals surface area contributed by atoms with Crippen LogP contribution in [0, 0.1) is 13.8 Å². The van der Waals surface area contributed by atoms with Crippen LogP contribution in [0.3, 0.4) is 0 Å². The number of ether oxygens (including phenoxy) is 1. The normalized spacial score (nSPS) is 16.6. The second-order valence-electron chi connectivity index (χ2n) is 6.22. The number of carbonyl (C=O) groups excluding carboxylic acids is 2. The van der Waals surface area contributed by atoms with E-state index in [0.717, 1.165) is 29.4 Å². The highest BCUT2D eigenvalue weighted by Gasteiger charge is 2.35. The number of benzene rings is 1. The Morgan fingerprint density at radius 1 is 1.25 bits per heavy atom. The molecule has 1 aromatic heterocycles. The number of anilines is 1. The van der Waals surface area contributed by atoms with Crippen LogP contribution in [0.25, 0.3) is 0 Å². The zero-order chi connectivity index (χ0) is 20.3. The maximum absolute atomic E-state index is 13.0. The third kappa shape index (κ3) is 3.90. The van der Waals surface area contributed by atoms with Gasteiger partial charge in [0.1, 0.15) is 5.70 Å². The zero-order valence-electron chi connectivity index (χ0n) is 16.2. The Kier molecular flexibility index (Phi) is 5.49. The number of esters is 1. The summed E-state index contributed by atoms with van der Waals surface area (Å²) < 4.78 is 4.64. The number of rotatable bonds is 4. The average Bonchev–Trinajstić information content (AvgIpc) is 2.95. The molecule has 3 rings (SSSR count). The lowest BCUT2D eigenvalue weighted by atomic mass is 10.1. The summed E-state index contributed by atoms with van der Waals surface area (Å²) in [6.45, 7) is 5.69. The van der Waals surface area contributed by atoms with Crippen LogP contribution < -0.4 is 10.2 Å². The molecule has 0 radical (unpaired) electrons. The predicted octanol–water partition coefficient (Wildman–Crippen LogP) is 2.34. The molecule has 0 spiro atoms. The van der Waals surface area contributed by atoms with Gasteiger partial charge < -0.3 is 10.1 Å². The number of amides is 1. The number of carbonyl (C=O) groups is 2. The van der Waals surface area contributed by atoms with Gasteiger partial charge in [0.15, 0.2) is 0 Å². The number of para-hydroxylation sites is 1. The first-order valence-electron chi connectivity index (χ1n) is 8.83. The summed E-state index contributed by atoms with van der Waals surface area (Å²) in [6, 6.07) is 9.36. The third-order valence-corrected chi connectivity index (χ3v) is 4.14. The molecule has 1 amide bonds. The van der Waals surface area contributed by atoms with Crippen molar-refractivity contribution in [1.29, 1.82) is 0 Å². The Bertz CT molecular complexity index is 977. The molecule has 0 unspecified atom stereocenters. The minimum absolute atomic E-state index is 0.0703. The van der Waals surface area contributed by atoms with Gasteiger partial charge in [-0.1, -0.05) is 25.1 Å². The maximum atomic E-state index is 13.0. The average molecular weight is 379 g/mol. The molecule has 8 nitrogen and oxygen atoms in total. The zero-order valence-corrected chi connectivity index (χ0v) is 16.2. The van der Waals surface area contributed by atoms with Crippen molar-refractivity contribution in [3.8, 4) is 0 Å². The molecule has 8 heteroatoms.